The lowest BCUT2D eigenvalue weighted by atomic mass is 9.83. The summed E-state index contributed by atoms with van der Waals surface area (Å²) in [7, 11) is 0. The first-order chi connectivity index (χ1) is 19.7. The van der Waals surface area contributed by atoms with E-state index in [1.54, 1.807) is 0 Å². The highest BCUT2D eigenvalue weighted by Gasteiger charge is 2.45. The van der Waals surface area contributed by atoms with Crippen molar-refractivity contribution >= 4 is 11.9 Å². The van der Waals surface area contributed by atoms with Crippen LogP contribution in [0.5, 0.6) is 0 Å². The van der Waals surface area contributed by atoms with Crippen molar-refractivity contribution in [3.8, 4) is 11.8 Å². The number of rotatable bonds is 8. The minimum Gasteiger partial charge on any atom is -0.457 e. The van der Waals surface area contributed by atoms with Crippen LogP contribution in [0.3, 0.4) is 0 Å². The molecular weight excluding hydrogens is 498 g/mol. The molecule has 200 valence electrons. The molecule has 1 N–H and O–H groups in total. The highest BCUT2D eigenvalue weighted by Crippen LogP contribution is 2.47. The highest BCUT2D eigenvalue weighted by atomic mass is 16.5. The molecule has 3 aromatic carbocycles. The first-order valence-electron chi connectivity index (χ1n) is 13.9. The smallest absolute Gasteiger partial charge is 0.337 e. The van der Waals surface area contributed by atoms with E-state index in [0.29, 0.717) is 11.1 Å². The Hall–Kier alpha value is -4.56. The number of ether oxygens (including phenoxy) is 2. The maximum atomic E-state index is 13.8. The zero-order valence-electron chi connectivity index (χ0n) is 22.3. The minimum atomic E-state index is -0.751. The monoisotopic (exact) mass is 529 g/mol. The lowest BCUT2D eigenvalue weighted by Crippen LogP contribution is -2.36. The third kappa shape index (κ3) is 6.02. The number of hydrogen-bond acceptors (Lipinski definition) is 5. The Morgan fingerprint density at radius 1 is 0.650 bits per heavy atom. The van der Waals surface area contributed by atoms with E-state index < -0.39 is 17.9 Å². The average molecular weight is 530 g/mol. The molecule has 40 heavy (non-hydrogen) atoms. The van der Waals surface area contributed by atoms with E-state index >= 15 is 0 Å². The van der Waals surface area contributed by atoms with E-state index in [1.165, 1.54) is 0 Å². The summed E-state index contributed by atoms with van der Waals surface area (Å²) in [6, 6.07) is 28.8. The van der Waals surface area contributed by atoms with Gasteiger partial charge in [-0.15, -0.1) is 0 Å². The molecule has 2 fully saturated rings. The molecule has 0 aromatic heterocycles. The van der Waals surface area contributed by atoms with Gasteiger partial charge in [-0.1, -0.05) is 90.7 Å². The van der Waals surface area contributed by atoms with Gasteiger partial charge in [0.05, 0.1) is 17.1 Å². The maximum absolute atomic E-state index is 13.8. The van der Waals surface area contributed by atoms with Crippen LogP contribution in [0.1, 0.15) is 42.4 Å². The van der Waals surface area contributed by atoms with Gasteiger partial charge in [0.15, 0.2) is 0 Å². The first-order valence-corrected chi connectivity index (χ1v) is 13.9. The molecule has 3 aliphatic rings. The lowest BCUT2D eigenvalue weighted by molar-refractivity contribution is -0.141. The molecule has 2 aliphatic carbocycles. The van der Waals surface area contributed by atoms with E-state index in [0.717, 1.165) is 53.8 Å². The van der Waals surface area contributed by atoms with Gasteiger partial charge in [0, 0.05) is 17.0 Å². The van der Waals surface area contributed by atoms with E-state index in [-0.39, 0.29) is 25.0 Å². The molecule has 3 aromatic rings. The van der Waals surface area contributed by atoms with Crippen LogP contribution >= 0.6 is 0 Å². The van der Waals surface area contributed by atoms with Crippen molar-refractivity contribution in [3.63, 3.8) is 0 Å². The van der Waals surface area contributed by atoms with Crippen LogP contribution in [-0.2, 0) is 32.3 Å². The van der Waals surface area contributed by atoms with E-state index in [1.807, 2.05) is 91.0 Å². The van der Waals surface area contributed by atoms with E-state index in [4.69, 9.17) is 9.47 Å². The van der Waals surface area contributed by atoms with Crippen LogP contribution in [0.25, 0.3) is 0 Å². The third-order valence-electron chi connectivity index (χ3n) is 7.40. The van der Waals surface area contributed by atoms with Gasteiger partial charge in [0.2, 0.25) is 0 Å². The van der Waals surface area contributed by atoms with Crippen LogP contribution in [-0.4, -0.2) is 11.9 Å². The van der Waals surface area contributed by atoms with Gasteiger partial charge in [-0.05, 0) is 60.8 Å². The molecule has 0 atom stereocenters. The number of benzene rings is 3. The molecule has 0 radical (unpaired) electrons. The van der Waals surface area contributed by atoms with Gasteiger partial charge in [-0.3, -0.25) is 0 Å². The van der Waals surface area contributed by atoms with Gasteiger partial charge in [0.1, 0.15) is 13.2 Å². The second-order valence-electron chi connectivity index (χ2n) is 10.5. The van der Waals surface area contributed by atoms with Crippen LogP contribution in [0.2, 0.25) is 0 Å². The molecule has 0 bridgehead atoms. The normalized spacial score (nSPS) is 17.0. The summed E-state index contributed by atoms with van der Waals surface area (Å²) in [6.07, 6.45) is 3.95. The van der Waals surface area contributed by atoms with Crippen LogP contribution in [0.15, 0.2) is 114 Å². The van der Waals surface area contributed by atoms with Crippen molar-refractivity contribution in [2.75, 3.05) is 0 Å². The second-order valence-corrected chi connectivity index (χ2v) is 10.5. The zero-order valence-corrected chi connectivity index (χ0v) is 22.3. The number of carbonyl (C=O) groups excluding carboxylic acids is 2. The second kappa shape index (κ2) is 11.7. The molecule has 0 spiro atoms. The summed E-state index contributed by atoms with van der Waals surface area (Å²) < 4.78 is 11.7. The summed E-state index contributed by atoms with van der Waals surface area (Å²) in [5.41, 5.74) is 5.18. The predicted octanol–water partition coefficient (Wildman–Crippen LogP) is 6.07. The van der Waals surface area contributed by atoms with Crippen molar-refractivity contribution in [3.05, 3.63) is 130 Å². The molecule has 0 unspecified atom stereocenters. The quantitative estimate of drug-likeness (QED) is 0.283. The van der Waals surface area contributed by atoms with Crippen LogP contribution < -0.4 is 5.32 Å². The molecular formula is C35H31NO4. The predicted molar refractivity (Wildman–Crippen MR) is 152 cm³/mol. The Morgan fingerprint density at radius 3 is 1.50 bits per heavy atom. The van der Waals surface area contributed by atoms with Crippen molar-refractivity contribution in [2.24, 2.45) is 17.8 Å². The number of hydrogen-bond donors (Lipinski definition) is 1. The minimum absolute atomic E-state index is 0.146. The van der Waals surface area contributed by atoms with Gasteiger partial charge in [-0.25, -0.2) is 9.59 Å². The topological polar surface area (TPSA) is 64.6 Å². The number of allylic oxidation sites excluding steroid dienone is 2. The Labute approximate surface area is 234 Å². The van der Waals surface area contributed by atoms with Crippen molar-refractivity contribution < 1.29 is 19.1 Å². The summed E-state index contributed by atoms with van der Waals surface area (Å²) in [5.74, 6) is 5.36. The fourth-order valence-electron chi connectivity index (χ4n) is 5.00. The van der Waals surface area contributed by atoms with Crippen LogP contribution in [0, 0.1) is 29.6 Å². The third-order valence-corrected chi connectivity index (χ3v) is 7.40. The van der Waals surface area contributed by atoms with E-state index in [2.05, 4.69) is 17.2 Å². The van der Waals surface area contributed by atoms with Crippen LogP contribution in [0.4, 0.5) is 0 Å². The van der Waals surface area contributed by atoms with Gasteiger partial charge in [-0.2, -0.15) is 0 Å². The lowest BCUT2D eigenvalue weighted by Gasteiger charge is -2.30. The van der Waals surface area contributed by atoms with Gasteiger partial charge in [0.25, 0.3) is 0 Å². The Morgan fingerprint density at radius 2 is 1.07 bits per heavy atom. The molecule has 0 saturated heterocycles. The molecule has 1 heterocycles. The number of dihydropyridines is 1. The molecule has 5 nitrogen and oxygen atoms in total. The largest absolute Gasteiger partial charge is 0.457 e. The van der Waals surface area contributed by atoms with Gasteiger partial charge >= 0.3 is 11.9 Å². The van der Waals surface area contributed by atoms with E-state index in [9.17, 15) is 9.59 Å². The Kier molecular flexibility index (Phi) is 7.50. The van der Waals surface area contributed by atoms with Crippen molar-refractivity contribution in [1.29, 1.82) is 0 Å². The molecule has 1 aliphatic heterocycles. The maximum Gasteiger partial charge on any atom is 0.337 e. The number of nitrogens with one attached hydrogen (secondary N) is 1. The van der Waals surface area contributed by atoms with Crippen molar-refractivity contribution in [1.82, 2.24) is 5.32 Å². The summed E-state index contributed by atoms with van der Waals surface area (Å²) >= 11 is 0. The summed E-state index contributed by atoms with van der Waals surface area (Å²) in [5, 5.41) is 3.55. The fraction of sp³-hybridized carbons (Fsp3) is 0.257. The summed E-state index contributed by atoms with van der Waals surface area (Å²) in [6.45, 7) is 0.292. The SMILES string of the molecule is O=C(OCc1ccccc1)C1=C(C2CC2)NC(C2CC2)=C(C(=O)OCc2ccccc2)C1C#Cc1ccccc1. The standard InChI is InChI=1S/C35H31NO4/c37-34(39-22-25-12-6-2-7-13-25)30-29(21-16-24-10-4-1-5-11-24)31(35(38)40-23-26-14-8-3-9-15-26)33(28-19-20-28)36-32(30)27-17-18-27/h1-15,27-29,36H,17-20,22-23H2. The van der Waals surface area contributed by atoms with Crippen molar-refractivity contribution in [2.45, 2.75) is 38.9 Å². The Bertz CT molecular complexity index is 1420. The zero-order chi connectivity index (χ0) is 27.3. The molecule has 2 saturated carbocycles. The highest BCUT2D eigenvalue weighted by molar-refractivity contribution is 5.99. The average Bonchev–Trinajstić information content (AvgIpc) is 3.92. The Balaban J connectivity index is 1.38. The number of carbonyl (C=O) groups is 2. The van der Waals surface area contributed by atoms with Gasteiger partial charge < -0.3 is 14.8 Å². The molecule has 5 heteroatoms. The molecule has 0 amide bonds. The number of esters is 2. The molecule has 6 rings (SSSR count). The fourth-order valence-corrected chi connectivity index (χ4v) is 5.00. The summed E-state index contributed by atoms with van der Waals surface area (Å²) in [4.78, 5) is 27.6. The first kappa shape index (κ1) is 25.7.